The minimum absolute atomic E-state index is 0.0114. The molecule has 19 heavy (non-hydrogen) atoms. The maximum atomic E-state index is 12.0. The van der Waals surface area contributed by atoms with Gasteiger partial charge in [-0.2, -0.15) is 0 Å². The Labute approximate surface area is 122 Å². The summed E-state index contributed by atoms with van der Waals surface area (Å²) < 4.78 is 0. The lowest BCUT2D eigenvalue weighted by Gasteiger charge is -2.21. The number of carbonyl (C=O) groups excluding carboxylic acids is 1. The Kier molecular flexibility index (Phi) is 4.86. The zero-order valence-electron chi connectivity index (χ0n) is 10.4. The highest BCUT2D eigenvalue weighted by Crippen LogP contribution is 2.22. The maximum Gasteiger partial charge on any atom is 0.246 e. The van der Waals surface area contributed by atoms with Crippen LogP contribution in [0.5, 0.6) is 0 Å². The van der Waals surface area contributed by atoms with Crippen LogP contribution in [-0.4, -0.2) is 35.1 Å². The van der Waals surface area contributed by atoms with Crippen molar-refractivity contribution in [1.29, 1.82) is 0 Å². The molecule has 0 bridgehead atoms. The number of carbonyl (C=O) groups is 1. The predicted molar refractivity (Wildman–Crippen MR) is 77.3 cm³/mol. The Morgan fingerprint density at radius 1 is 1.47 bits per heavy atom. The largest absolute Gasteiger partial charge is 0.394 e. The number of hydrogen-bond donors (Lipinski definition) is 1. The Morgan fingerprint density at radius 3 is 3.00 bits per heavy atom. The summed E-state index contributed by atoms with van der Waals surface area (Å²) in [5.41, 5.74) is 0.710. The first-order chi connectivity index (χ1) is 9.11. The molecule has 1 aliphatic heterocycles. The summed E-state index contributed by atoms with van der Waals surface area (Å²) in [5, 5.41) is 10.3. The average molecular weight is 300 g/mol. The van der Waals surface area contributed by atoms with Crippen LogP contribution in [0.3, 0.4) is 0 Å². The number of nitrogens with zero attached hydrogens (tertiary/aromatic N) is 1. The van der Waals surface area contributed by atoms with E-state index in [-0.39, 0.29) is 18.6 Å². The molecule has 0 saturated carbocycles. The van der Waals surface area contributed by atoms with Crippen molar-refractivity contribution in [3.63, 3.8) is 0 Å². The van der Waals surface area contributed by atoms with Gasteiger partial charge in [0, 0.05) is 22.7 Å². The molecule has 5 heteroatoms. The summed E-state index contributed by atoms with van der Waals surface area (Å²) in [7, 11) is 0. The first-order valence-corrected chi connectivity index (χ1v) is 6.92. The van der Waals surface area contributed by atoms with E-state index in [1.807, 2.05) is 0 Å². The molecule has 2 rings (SSSR count). The van der Waals surface area contributed by atoms with Gasteiger partial charge in [0.05, 0.1) is 12.6 Å². The number of halogens is 2. The van der Waals surface area contributed by atoms with Gasteiger partial charge in [-0.1, -0.05) is 23.2 Å². The molecule has 1 heterocycles. The molecule has 1 saturated heterocycles. The van der Waals surface area contributed by atoms with Crippen molar-refractivity contribution in [2.24, 2.45) is 0 Å². The van der Waals surface area contributed by atoms with Gasteiger partial charge >= 0.3 is 0 Å². The highest BCUT2D eigenvalue weighted by atomic mass is 35.5. The lowest BCUT2D eigenvalue weighted by Crippen LogP contribution is -2.36. The molecule has 1 aromatic rings. The van der Waals surface area contributed by atoms with E-state index in [0.29, 0.717) is 22.2 Å². The van der Waals surface area contributed by atoms with Gasteiger partial charge in [0.15, 0.2) is 0 Å². The van der Waals surface area contributed by atoms with E-state index in [1.165, 1.54) is 6.08 Å². The second-order valence-electron chi connectivity index (χ2n) is 4.51. The molecule has 1 fully saturated rings. The van der Waals surface area contributed by atoms with E-state index in [2.05, 4.69) is 0 Å². The first kappa shape index (κ1) is 14.4. The number of aliphatic hydroxyl groups is 1. The summed E-state index contributed by atoms with van der Waals surface area (Å²) >= 11 is 11.9. The van der Waals surface area contributed by atoms with E-state index in [4.69, 9.17) is 23.2 Å². The number of hydrogen-bond acceptors (Lipinski definition) is 2. The van der Waals surface area contributed by atoms with Gasteiger partial charge in [0.1, 0.15) is 0 Å². The highest BCUT2D eigenvalue weighted by Gasteiger charge is 2.26. The normalized spacial score (nSPS) is 19.3. The van der Waals surface area contributed by atoms with Gasteiger partial charge in [-0.15, -0.1) is 0 Å². The number of benzene rings is 1. The average Bonchev–Trinajstić information content (AvgIpc) is 2.88. The minimum atomic E-state index is -0.104. The molecule has 1 aromatic carbocycles. The molecule has 1 amide bonds. The highest BCUT2D eigenvalue weighted by molar-refractivity contribution is 6.34. The molecular weight excluding hydrogens is 285 g/mol. The molecule has 0 aliphatic carbocycles. The molecule has 0 unspecified atom stereocenters. The van der Waals surface area contributed by atoms with E-state index in [0.717, 1.165) is 12.8 Å². The van der Waals surface area contributed by atoms with Crippen molar-refractivity contribution in [2.75, 3.05) is 13.2 Å². The van der Waals surface area contributed by atoms with Gasteiger partial charge < -0.3 is 10.0 Å². The topological polar surface area (TPSA) is 40.5 Å². The third kappa shape index (κ3) is 3.50. The SMILES string of the molecule is O=C(C=Cc1cc(Cl)ccc1Cl)N1CCC[C@H]1CO. The van der Waals surface area contributed by atoms with Crippen LogP contribution in [0.1, 0.15) is 18.4 Å². The summed E-state index contributed by atoms with van der Waals surface area (Å²) in [4.78, 5) is 13.7. The van der Waals surface area contributed by atoms with Gasteiger partial charge in [-0.05, 0) is 42.7 Å². The van der Waals surface area contributed by atoms with E-state index in [9.17, 15) is 9.90 Å². The number of rotatable bonds is 3. The summed E-state index contributed by atoms with van der Waals surface area (Å²) in [6.07, 6.45) is 4.92. The first-order valence-electron chi connectivity index (χ1n) is 6.16. The quantitative estimate of drug-likeness (QED) is 0.872. The van der Waals surface area contributed by atoms with E-state index >= 15 is 0 Å². The van der Waals surface area contributed by atoms with Crippen LogP contribution in [0, 0.1) is 0 Å². The van der Waals surface area contributed by atoms with Crippen LogP contribution >= 0.6 is 23.2 Å². The summed E-state index contributed by atoms with van der Waals surface area (Å²) in [5.74, 6) is -0.104. The van der Waals surface area contributed by atoms with Crippen molar-refractivity contribution >= 4 is 35.2 Å². The third-order valence-electron chi connectivity index (χ3n) is 3.23. The zero-order valence-corrected chi connectivity index (χ0v) is 11.9. The third-order valence-corrected chi connectivity index (χ3v) is 3.81. The van der Waals surface area contributed by atoms with Crippen LogP contribution < -0.4 is 0 Å². The van der Waals surface area contributed by atoms with Crippen LogP contribution in [0.4, 0.5) is 0 Å². The number of aliphatic hydroxyl groups excluding tert-OH is 1. The summed E-state index contributed by atoms with van der Waals surface area (Å²) in [6.45, 7) is 0.704. The maximum absolute atomic E-state index is 12.0. The minimum Gasteiger partial charge on any atom is -0.394 e. The fraction of sp³-hybridized carbons (Fsp3) is 0.357. The lowest BCUT2D eigenvalue weighted by atomic mass is 10.2. The predicted octanol–water partition coefficient (Wildman–Crippen LogP) is 2.99. The number of amides is 1. The van der Waals surface area contributed by atoms with Crippen LogP contribution in [-0.2, 0) is 4.79 Å². The van der Waals surface area contributed by atoms with Crippen LogP contribution in [0.25, 0.3) is 6.08 Å². The molecule has 3 nitrogen and oxygen atoms in total. The second-order valence-corrected chi connectivity index (χ2v) is 5.35. The molecule has 0 aromatic heterocycles. The van der Waals surface area contributed by atoms with Gasteiger partial charge in [0.2, 0.25) is 5.91 Å². The number of likely N-dealkylation sites (tertiary alicyclic amines) is 1. The second kappa shape index (κ2) is 6.42. The molecular formula is C14H15Cl2NO2. The van der Waals surface area contributed by atoms with Crippen LogP contribution in [0.2, 0.25) is 10.0 Å². The van der Waals surface area contributed by atoms with Gasteiger partial charge in [-0.25, -0.2) is 0 Å². The monoisotopic (exact) mass is 299 g/mol. The van der Waals surface area contributed by atoms with Crippen LogP contribution in [0.15, 0.2) is 24.3 Å². The Bertz CT molecular complexity index is 502. The lowest BCUT2D eigenvalue weighted by molar-refractivity contribution is -0.127. The molecule has 1 atom stereocenters. The van der Waals surface area contributed by atoms with Crippen molar-refractivity contribution in [1.82, 2.24) is 4.90 Å². The van der Waals surface area contributed by atoms with Gasteiger partial charge in [0.25, 0.3) is 0 Å². The Balaban J connectivity index is 2.09. The Hall–Kier alpha value is -1.03. The zero-order chi connectivity index (χ0) is 13.8. The standard InChI is InChI=1S/C14H15Cl2NO2/c15-11-4-5-13(16)10(8-11)3-6-14(19)17-7-1-2-12(17)9-18/h3-6,8,12,18H,1-2,7,9H2/t12-/m0/s1. The van der Waals surface area contributed by atoms with Gasteiger partial charge in [-0.3, -0.25) is 4.79 Å². The van der Waals surface area contributed by atoms with E-state index < -0.39 is 0 Å². The molecule has 0 radical (unpaired) electrons. The van der Waals surface area contributed by atoms with Crippen molar-refractivity contribution in [3.05, 3.63) is 39.9 Å². The molecule has 0 spiro atoms. The molecule has 1 N–H and O–H groups in total. The van der Waals surface area contributed by atoms with Crippen molar-refractivity contribution in [3.8, 4) is 0 Å². The van der Waals surface area contributed by atoms with Crippen molar-refractivity contribution in [2.45, 2.75) is 18.9 Å². The van der Waals surface area contributed by atoms with E-state index in [1.54, 1.807) is 29.2 Å². The smallest absolute Gasteiger partial charge is 0.246 e. The molecule has 1 aliphatic rings. The Morgan fingerprint density at radius 2 is 2.26 bits per heavy atom. The van der Waals surface area contributed by atoms with Crippen molar-refractivity contribution < 1.29 is 9.90 Å². The summed E-state index contributed by atoms with van der Waals surface area (Å²) in [6, 6.07) is 5.04. The fourth-order valence-electron chi connectivity index (χ4n) is 2.21. The molecule has 102 valence electrons. The fourth-order valence-corrected chi connectivity index (χ4v) is 2.58.